The largest absolute Gasteiger partial charge is 0.388 e. The van der Waals surface area contributed by atoms with Gasteiger partial charge in [-0.15, -0.1) is 0 Å². The van der Waals surface area contributed by atoms with Gasteiger partial charge in [-0.2, -0.15) is 5.26 Å². The van der Waals surface area contributed by atoms with Crippen LogP contribution in [0.25, 0.3) is 0 Å². The van der Waals surface area contributed by atoms with Crippen molar-refractivity contribution in [3.63, 3.8) is 0 Å². The van der Waals surface area contributed by atoms with E-state index >= 15 is 0 Å². The van der Waals surface area contributed by atoms with E-state index < -0.39 is 6.10 Å². The second-order valence-corrected chi connectivity index (χ2v) is 5.90. The summed E-state index contributed by atoms with van der Waals surface area (Å²) in [5.41, 5.74) is 3.48. The molecule has 0 saturated heterocycles. The average molecular weight is 315 g/mol. The summed E-state index contributed by atoms with van der Waals surface area (Å²) >= 11 is 0. The van der Waals surface area contributed by atoms with E-state index in [1.807, 2.05) is 31.5 Å². The highest BCUT2D eigenvalue weighted by molar-refractivity contribution is 5.34. The number of nitrogens with zero attached hydrogens (tertiary/aromatic N) is 2. The summed E-state index contributed by atoms with van der Waals surface area (Å²) in [5, 5.41) is 22.6. The maximum Gasteiger partial charge on any atom is 0.123 e. The number of halogens is 1. The molecule has 2 N–H and O–H groups in total. The van der Waals surface area contributed by atoms with E-state index in [1.54, 1.807) is 12.1 Å². The van der Waals surface area contributed by atoms with Gasteiger partial charge in [-0.3, -0.25) is 0 Å². The van der Waals surface area contributed by atoms with Crippen LogP contribution < -0.4 is 5.32 Å². The predicted octanol–water partition coefficient (Wildman–Crippen LogP) is 2.95. The van der Waals surface area contributed by atoms with Crippen LogP contribution in [0.4, 0.5) is 4.39 Å². The number of hydrogen-bond donors (Lipinski definition) is 2. The highest BCUT2D eigenvalue weighted by Gasteiger charge is 2.14. The number of aliphatic hydroxyl groups excluding tert-OH is 1. The van der Waals surface area contributed by atoms with Gasteiger partial charge in [0, 0.05) is 25.3 Å². The smallest absolute Gasteiger partial charge is 0.123 e. The van der Waals surface area contributed by atoms with Crippen molar-refractivity contribution in [3.8, 4) is 6.07 Å². The lowest BCUT2D eigenvalue weighted by Crippen LogP contribution is -2.27. The SMILES string of the molecule is Cc1c(CN[C@@H](C)C[C@H](O)c2ccc(F)cc2)cc(C#N)n1C. The number of aromatic nitrogens is 1. The molecule has 0 unspecified atom stereocenters. The number of benzene rings is 1. The highest BCUT2D eigenvalue weighted by Crippen LogP contribution is 2.19. The fourth-order valence-electron chi connectivity index (χ4n) is 2.57. The first-order chi connectivity index (χ1) is 10.9. The molecule has 2 rings (SSSR count). The van der Waals surface area contributed by atoms with Gasteiger partial charge in [0.25, 0.3) is 0 Å². The molecular weight excluding hydrogens is 293 g/mol. The Kier molecular flexibility index (Phi) is 5.54. The molecule has 1 aromatic carbocycles. The van der Waals surface area contributed by atoms with Crippen LogP contribution in [0, 0.1) is 24.1 Å². The lowest BCUT2D eigenvalue weighted by molar-refractivity contribution is 0.153. The summed E-state index contributed by atoms with van der Waals surface area (Å²) in [6.45, 7) is 4.62. The van der Waals surface area contributed by atoms with Gasteiger partial charge < -0.3 is 15.0 Å². The number of nitriles is 1. The van der Waals surface area contributed by atoms with Crippen LogP contribution >= 0.6 is 0 Å². The minimum atomic E-state index is -0.635. The minimum absolute atomic E-state index is 0.0835. The van der Waals surface area contributed by atoms with Gasteiger partial charge in [0.1, 0.15) is 17.6 Å². The Hall–Kier alpha value is -2.16. The molecule has 0 amide bonds. The van der Waals surface area contributed by atoms with Gasteiger partial charge in [0.2, 0.25) is 0 Å². The van der Waals surface area contributed by atoms with Crippen molar-refractivity contribution >= 4 is 0 Å². The predicted molar refractivity (Wildman–Crippen MR) is 87.1 cm³/mol. The molecule has 4 nitrogen and oxygen atoms in total. The Morgan fingerprint density at radius 3 is 2.57 bits per heavy atom. The molecule has 0 spiro atoms. The fourth-order valence-corrected chi connectivity index (χ4v) is 2.57. The van der Waals surface area contributed by atoms with Crippen LogP contribution in [0.2, 0.25) is 0 Å². The molecule has 0 aliphatic carbocycles. The van der Waals surface area contributed by atoms with Crippen LogP contribution in [0.15, 0.2) is 30.3 Å². The van der Waals surface area contributed by atoms with E-state index in [9.17, 15) is 9.50 Å². The third-order valence-electron chi connectivity index (χ3n) is 4.23. The molecular formula is C18H22FN3O. The zero-order chi connectivity index (χ0) is 17.0. The van der Waals surface area contributed by atoms with Crippen LogP contribution in [0.3, 0.4) is 0 Å². The lowest BCUT2D eigenvalue weighted by atomic mass is 10.0. The second-order valence-electron chi connectivity index (χ2n) is 5.90. The monoisotopic (exact) mass is 315 g/mol. The van der Waals surface area contributed by atoms with Gasteiger partial charge in [-0.1, -0.05) is 12.1 Å². The first-order valence-electron chi connectivity index (χ1n) is 7.64. The fraction of sp³-hybridized carbons (Fsp3) is 0.389. The molecule has 0 radical (unpaired) electrons. The molecule has 5 heteroatoms. The molecule has 2 atom stereocenters. The molecule has 1 aromatic heterocycles. The van der Waals surface area contributed by atoms with E-state index in [1.165, 1.54) is 12.1 Å². The average Bonchev–Trinajstić information content (AvgIpc) is 2.81. The molecule has 23 heavy (non-hydrogen) atoms. The Bertz CT molecular complexity index is 700. The number of hydrogen-bond acceptors (Lipinski definition) is 3. The normalized spacial score (nSPS) is 13.6. The molecule has 0 aliphatic rings. The highest BCUT2D eigenvalue weighted by atomic mass is 19.1. The second kappa shape index (κ2) is 7.40. The quantitative estimate of drug-likeness (QED) is 0.861. The van der Waals surface area contributed by atoms with E-state index in [-0.39, 0.29) is 11.9 Å². The first-order valence-corrected chi connectivity index (χ1v) is 7.64. The summed E-state index contributed by atoms with van der Waals surface area (Å²) in [7, 11) is 1.87. The van der Waals surface area contributed by atoms with E-state index in [0.29, 0.717) is 24.2 Å². The van der Waals surface area contributed by atoms with E-state index in [0.717, 1.165) is 11.3 Å². The van der Waals surface area contributed by atoms with E-state index in [2.05, 4.69) is 11.4 Å². The van der Waals surface area contributed by atoms with Crippen molar-refractivity contribution < 1.29 is 9.50 Å². The third kappa shape index (κ3) is 4.19. The van der Waals surface area contributed by atoms with Crippen molar-refractivity contribution in [1.29, 1.82) is 5.26 Å². The van der Waals surface area contributed by atoms with Crippen LogP contribution in [0.1, 0.15) is 42.0 Å². The summed E-state index contributed by atoms with van der Waals surface area (Å²) in [5.74, 6) is -0.306. The molecule has 0 bridgehead atoms. The Morgan fingerprint density at radius 2 is 2.00 bits per heavy atom. The number of rotatable bonds is 6. The Morgan fingerprint density at radius 1 is 1.35 bits per heavy atom. The molecule has 2 aromatic rings. The lowest BCUT2D eigenvalue weighted by Gasteiger charge is -2.18. The van der Waals surface area contributed by atoms with Crippen LogP contribution in [-0.2, 0) is 13.6 Å². The van der Waals surface area contributed by atoms with Gasteiger partial charge in [0.05, 0.1) is 6.10 Å². The van der Waals surface area contributed by atoms with Gasteiger partial charge >= 0.3 is 0 Å². The van der Waals surface area contributed by atoms with Crippen molar-refractivity contribution in [3.05, 3.63) is 58.7 Å². The molecule has 0 saturated carbocycles. The summed E-state index contributed by atoms with van der Waals surface area (Å²) in [4.78, 5) is 0. The zero-order valence-electron chi connectivity index (χ0n) is 13.7. The molecule has 0 fully saturated rings. The van der Waals surface area contributed by atoms with Gasteiger partial charge in [0.15, 0.2) is 0 Å². The maximum absolute atomic E-state index is 12.9. The van der Waals surface area contributed by atoms with E-state index in [4.69, 9.17) is 5.26 Å². The zero-order valence-corrected chi connectivity index (χ0v) is 13.7. The maximum atomic E-state index is 12.9. The van der Waals surface area contributed by atoms with Gasteiger partial charge in [-0.05, 0) is 49.6 Å². The minimum Gasteiger partial charge on any atom is -0.388 e. The first kappa shape index (κ1) is 17.2. The van der Waals surface area contributed by atoms with Crippen molar-refractivity contribution in [2.24, 2.45) is 7.05 Å². The molecule has 1 heterocycles. The van der Waals surface area contributed by atoms with Crippen molar-refractivity contribution in [1.82, 2.24) is 9.88 Å². The number of aliphatic hydroxyl groups is 1. The molecule has 122 valence electrons. The van der Waals surface area contributed by atoms with Crippen molar-refractivity contribution in [2.75, 3.05) is 0 Å². The molecule has 0 aliphatic heterocycles. The third-order valence-corrected chi connectivity index (χ3v) is 4.23. The Balaban J connectivity index is 1.91. The van der Waals surface area contributed by atoms with Crippen molar-refractivity contribution in [2.45, 2.75) is 39.0 Å². The summed E-state index contributed by atoms with van der Waals surface area (Å²) < 4.78 is 14.8. The summed E-state index contributed by atoms with van der Waals surface area (Å²) in [6.07, 6.45) is -0.104. The van der Waals surface area contributed by atoms with Crippen LogP contribution in [-0.4, -0.2) is 15.7 Å². The Labute approximate surface area is 136 Å². The standard InChI is InChI=1S/C18H22FN3O/c1-12(8-18(23)14-4-6-16(19)7-5-14)21-11-15-9-17(10-20)22(3)13(15)2/h4-7,9,12,18,21,23H,8,11H2,1-3H3/t12-,18-/m0/s1. The van der Waals surface area contributed by atoms with Crippen LogP contribution in [0.5, 0.6) is 0 Å². The summed E-state index contributed by atoms with van der Waals surface area (Å²) in [6, 6.07) is 10.0. The topological polar surface area (TPSA) is 61.0 Å². The van der Waals surface area contributed by atoms with Gasteiger partial charge in [-0.25, -0.2) is 4.39 Å². The number of nitrogens with one attached hydrogen (secondary N) is 1.